The zero-order valence-corrected chi connectivity index (χ0v) is 54.0. The summed E-state index contributed by atoms with van der Waals surface area (Å²) in [5, 5.41) is 23.5. The summed E-state index contributed by atoms with van der Waals surface area (Å²) >= 11 is 0. The maximum atomic E-state index is 12.6. The third-order valence-electron chi connectivity index (χ3n) is 17.2. The Hall–Kier alpha value is -6.74. The van der Waals surface area contributed by atoms with Crippen LogP contribution in [0.5, 0.6) is 0 Å². The molecule has 0 saturated carbocycles. The minimum atomic E-state index is -0.966. The first-order valence-corrected chi connectivity index (χ1v) is 30.2. The van der Waals surface area contributed by atoms with E-state index in [2.05, 4.69) is 45.2 Å². The van der Waals surface area contributed by atoms with Crippen LogP contribution in [0.25, 0.3) is 0 Å². The van der Waals surface area contributed by atoms with Crippen LogP contribution in [0.1, 0.15) is 185 Å². The Balaban J connectivity index is 0.000000350. The van der Waals surface area contributed by atoms with Crippen LogP contribution in [0.3, 0.4) is 0 Å². The molecule has 4 amide bonds. The lowest BCUT2D eigenvalue weighted by atomic mass is 9.88. The lowest BCUT2D eigenvalue weighted by molar-refractivity contribution is -0.157. The summed E-state index contributed by atoms with van der Waals surface area (Å²) in [5.74, 6) is -2.13. The summed E-state index contributed by atoms with van der Waals surface area (Å²) in [7, 11) is 2.78. The van der Waals surface area contributed by atoms with E-state index in [1.54, 1.807) is 43.6 Å². The Morgan fingerprint density at radius 1 is 0.529 bits per heavy atom. The largest absolute Gasteiger partial charge is 0.480 e. The van der Waals surface area contributed by atoms with Gasteiger partial charge >= 0.3 is 23.9 Å². The van der Waals surface area contributed by atoms with Crippen LogP contribution in [-0.2, 0) is 65.5 Å². The average molecular weight is 1190 g/mol. The second kappa shape index (κ2) is 33.2. The number of hydrogen-bond acceptors (Lipinski definition) is 15. The molecule has 0 aliphatic carbocycles. The monoisotopic (exact) mass is 1190 g/mol. The second-order valence-corrected chi connectivity index (χ2v) is 23.2. The Morgan fingerprint density at radius 3 is 1.38 bits per heavy atom. The third-order valence-corrected chi connectivity index (χ3v) is 17.2. The number of nitrogen functional groups attached to an aromatic ring is 1. The van der Waals surface area contributed by atoms with Crippen molar-refractivity contribution in [1.29, 1.82) is 0 Å². The molecule has 0 spiro atoms. The normalized spacial score (nSPS) is 26.5. The number of nitrogens with zero attached hydrogens (tertiary/aromatic N) is 5. The number of hydrogen-bond donors (Lipinski definition) is 5. The molecular weight excluding hydrogens is 1090 g/mol. The van der Waals surface area contributed by atoms with E-state index in [1.807, 2.05) is 70.7 Å². The van der Waals surface area contributed by atoms with Crippen LogP contribution in [0.4, 0.5) is 11.4 Å². The number of benzene rings is 2. The maximum absolute atomic E-state index is 12.6. The molecule has 0 radical (unpaired) electrons. The number of nitrogens with two attached hydrogens (primary N) is 1. The number of Topliss-reactive ketones (excluding diaryl/α,β-unsaturated/α-hetero) is 1. The van der Waals surface area contributed by atoms with Gasteiger partial charge in [-0.1, -0.05) is 64.1 Å². The van der Waals surface area contributed by atoms with Crippen molar-refractivity contribution in [3.8, 4) is 0 Å². The van der Waals surface area contributed by atoms with Gasteiger partial charge < -0.3 is 55.7 Å². The number of likely N-dealkylation sites (tertiary alicyclic amines) is 4. The van der Waals surface area contributed by atoms with E-state index in [-0.39, 0.29) is 53.3 Å². The number of ether oxygens (including phenoxy) is 2. The molecule has 6 atom stereocenters. The molecule has 7 heterocycles. The van der Waals surface area contributed by atoms with Crippen molar-refractivity contribution in [2.24, 2.45) is 4.99 Å². The number of ketones is 1. The molecule has 476 valence electrons. The van der Waals surface area contributed by atoms with E-state index in [9.17, 15) is 43.2 Å². The second-order valence-electron chi connectivity index (χ2n) is 23.2. The number of amides is 4. The number of fused-ring (bicyclic) bond motifs is 1. The summed E-state index contributed by atoms with van der Waals surface area (Å²) in [4.78, 5) is 113. The molecule has 21 heteroatoms. The van der Waals surface area contributed by atoms with Crippen LogP contribution >= 0.6 is 0 Å². The number of carbonyl (C=O) groups is 9. The predicted molar refractivity (Wildman–Crippen MR) is 330 cm³/mol. The highest BCUT2D eigenvalue weighted by atomic mass is 16.5. The summed E-state index contributed by atoms with van der Waals surface area (Å²) in [6.07, 6.45) is 11.5. The van der Waals surface area contributed by atoms with Crippen molar-refractivity contribution in [2.75, 3.05) is 59.2 Å². The standard InChI is InChI=1S/C15H20N2O2.C15H18N2O.C9H15NO3.C8H13NO3.C7H13NO2.C6H11NO2.2C2H6/c1-11(18)17-9-5-8-15(17,2)14(19)10-12-6-3-4-7-13(12)16;1-11(18)17-9-5-8-15(17,2)14-10-12-6-3-4-7-13(12)16-14;1-7(11)10-6-4-5-9(10,2)8(12)13-3;1-6(10)9-5-3-4-8(9,2)7(11)12;1-7(6(9)10-2)4-3-5-8-7;1-6(5(8)9)3-2-4-7-6;2*1-2/h3-4,6-7H,5,8-10,16H2,1-2H3;3-4,6-7H,5,8-10H2,1-2H3;4-6H2,1-3H3;3-5H2,1-2H3,(H,11,12);8H,3-5H2,1-2H3;7H,2-4H2,1H3,(H,8,9);2*1-2H3/t2*15-;9-;8-;7-;6-;;/m000000../s1. The zero-order valence-electron chi connectivity index (χ0n) is 54.0. The molecule has 6 fully saturated rings. The van der Waals surface area contributed by atoms with Gasteiger partial charge in [-0.15, -0.1) is 0 Å². The van der Waals surface area contributed by atoms with Crippen molar-refractivity contribution in [3.63, 3.8) is 0 Å². The number of esters is 2. The zero-order chi connectivity index (χ0) is 64.7. The first-order valence-electron chi connectivity index (χ1n) is 30.2. The van der Waals surface area contributed by atoms with Gasteiger partial charge in [0.2, 0.25) is 23.6 Å². The van der Waals surface area contributed by atoms with E-state index in [4.69, 9.17) is 20.9 Å². The number of carboxylic acid groups (broad SMARTS) is 2. The molecule has 6 N–H and O–H groups in total. The van der Waals surface area contributed by atoms with Gasteiger partial charge in [0.1, 0.15) is 22.2 Å². The van der Waals surface area contributed by atoms with Gasteiger partial charge in [0.15, 0.2) is 5.78 Å². The highest BCUT2D eigenvalue weighted by molar-refractivity contribution is 6.03. The highest BCUT2D eigenvalue weighted by Gasteiger charge is 2.48. The number of para-hydroxylation sites is 2. The minimum absolute atomic E-state index is 0.0330. The predicted octanol–water partition coefficient (Wildman–Crippen LogP) is 8.10. The van der Waals surface area contributed by atoms with Crippen LogP contribution in [0.15, 0.2) is 53.5 Å². The average Bonchev–Trinajstić information content (AvgIpc) is 2.50. The van der Waals surface area contributed by atoms with Crippen LogP contribution in [-0.4, -0.2) is 176 Å². The van der Waals surface area contributed by atoms with Gasteiger partial charge in [0.05, 0.1) is 31.0 Å². The lowest BCUT2D eigenvalue weighted by Crippen LogP contribution is -2.50. The number of methoxy groups -OCH3 is 2. The van der Waals surface area contributed by atoms with Crippen LogP contribution < -0.4 is 16.4 Å². The fraction of sp³-hybridized carbons (Fsp3) is 0.656. The fourth-order valence-corrected chi connectivity index (χ4v) is 12.0. The molecule has 85 heavy (non-hydrogen) atoms. The van der Waals surface area contributed by atoms with Crippen molar-refractivity contribution in [2.45, 2.75) is 220 Å². The molecule has 6 saturated heterocycles. The molecule has 2 aromatic carbocycles. The Labute approximate surface area is 505 Å². The molecule has 7 aliphatic rings. The first-order chi connectivity index (χ1) is 39.9. The Bertz CT molecular complexity index is 2650. The molecule has 0 bridgehead atoms. The third kappa shape index (κ3) is 18.6. The smallest absolute Gasteiger partial charge is 0.331 e. The van der Waals surface area contributed by atoms with Gasteiger partial charge in [0, 0.05) is 78.1 Å². The van der Waals surface area contributed by atoms with E-state index >= 15 is 0 Å². The van der Waals surface area contributed by atoms with Gasteiger partial charge in [-0.3, -0.25) is 38.6 Å². The maximum Gasteiger partial charge on any atom is 0.331 e. The molecule has 9 rings (SSSR count). The van der Waals surface area contributed by atoms with Crippen molar-refractivity contribution >= 4 is 70.4 Å². The van der Waals surface area contributed by atoms with E-state index in [1.165, 1.54) is 45.5 Å². The quantitative estimate of drug-likeness (QED) is 0.123. The molecule has 21 nitrogen and oxygen atoms in total. The molecule has 0 aromatic heterocycles. The SMILES string of the molecule is CC.CC.CC(=O)N1CCC[C@@]1(C)C(=O)Cc1ccccc1N.CC(=O)N1CCC[C@@]1(C)C(=O)O.CC(=O)N1CCC[C@@]1(C)C1=Nc2ccccc2C1.COC(=O)[C@]1(C)CCCN1.COC(=O)[C@]1(C)CCCN1C(C)=O.C[C@@]1(C(=O)O)CCCN1. The number of anilines is 1. The number of aliphatic imine (C=N–C) groups is 1. The summed E-state index contributed by atoms with van der Waals surface area (Å²) in [6.45, 7) is 29.6. The van der Waals surface area contributed by atoms with Gasteiger partial charge in [-0.25, -0.2) is 9.59 Å². The molecule has 0 unspecified atom stereocenters. The number of nitrogens with one attached hydrogen (secondary N) is 2. The van der Waals surface area contributed by atoms with Crippen molar-refractivity contribution in [1.82, 2.24) is 30.2 Å². The lowest BCUT2D eigenvalue weighted by Gasteiger charge is -2.34. The van der Waals surface area contributed by atoms with E-state index in [0.717, 1.165) is 107 Å². The van der Waals surface area contributed by atoms with Crippen LogP contribution in [0, 0.1) is 0 Å². The number of carboxylic acids is 2. The summed E-state index contributed by atoms with van der Waals surface area (Å²) in [6, 6.07) is 15.6. The molecule has 7 aliphatic heterocycles. The van der Waals surface area contributed by atoms with Gasteiger partial charge in [0.25, 0.3) is 0 Å². The molecular formula is C64H102N8O13. The van der Waals surface area contributed by atoms with Crippen molar-refractivity contribution in [3.05, 3.63) is 59.7 Å². The first kappa shape index (κ1) is 74.4. The topological polar surface area (TPSA) is 288 Å². The van der Waals surface area contributed by atoms with E-state index in [0.29, 0.717) is 38.2 Å². The summed E-state index contributed by atoms with van der Waals surface area (Å²) in [5.41, 5.74) is 7.25. The summed E-state index contributed by atoms with van der Waals surface area (Å²) < 4.78 is 9.32. The van der Waals surface area contributed by atoms with E-state index < -0.39 is 39.6 Å². The number of aliphatic carboxylic acids is 2. The highest BCUT2D eigenvalue weighted by Crippen LogP contribution is 2.38. The van der Waals surface area contributed by atoms with Crippen LogP contribution in [0.2, 0.25) is 0 Å². The van der Waals surface area contributed by atoms with Gasteiger partial charge in [-0.05, 0) is 155 Å². The Kier molecular flexibility index (Phi) is 29.1. The molecule has 2 aromatic rings. The van der Waals surface area contributed by atoms with Gasteiger partial charge in [-0.2, -0.15) is 0 Å². The van der Waals surface area contributed by atoms with Crippen molar-refractivity contribution < 1.29 is 62.8 Å². The minimum Gasteiger partial charge on any atom is -0.480 e. The number of carbonyl (C=O) groups excluding carboxylic acids is 7. The number of rotatable bonds is 8. The Morgan fingerprint density at radius 2 is 0.953 bits per heavy atom. The fourth-order valence-electron chi connectivity index (χ4n) is 12.0.